The number of ether oxygens (including phenoxy) is 1. The van der Waals surface area contributed by atoms with E-state index in [4.69, 9.17) is 9.72 Å². The molecule has 3 heterocycles. The van der Waals surface area contributed by atoms with Crippen molar-refractivity contribution in [2.24, 2.45) is 0 Å². The first-order chi connectivity index (χ1) is 16.0. The predicted octanol–water partition coefficient (Wildman–Crippen LogP) is 3.37. The molecule has 1 N–H and O–H groups in total. The number of thiophene rings is 1. The van der Waals surface area contributed by atoms with Crippen LogP contribution in [0.5, 0.6) is 5.75 Å². The van der Waals surface area contributed by atoms with Crippen molar-refractivity contribution in [3.63, 3.8) is 0 Å². The van der Waals surface area contributed by atoms with Crippen LogP contribution in [0.2, 0.25) is 0 Å². The van der Waals surface area contributed by atoms with Crippen molar-refractivity contribution in [3.8, 4) is 11.4 Å². The van der Waals surface area contributed by atoms with Crippen LogP contribution in [0.1, 0.15) is 30.2 Å². The normalized spacial score (nSPS) is 16.5. The number of nitrogens with zero attached hydrogens (tertiary/aromatic N) is 3. The number of para-hydroxylation sites is 2. The molecular weight excluding hydrogens is 460 g/mol. The van der Waals surface area contributed by atoms with Gasteiger partial charge in [-0.05, 0) is 50.3 Å². The third-order valence-electron chi connectivity index (χ3n) is 6.04. The van der Waals surface area contributed by atoms with Gasteiger partial charge in [0.05, 0.1) is 23.4 Å². The van der Waals surface area contributed by atoms with Crippen molar-refractivity contribution in [1.29, 1.82) is 0 Å². The van der Waals surface area contributed by atoms with Crippen molar-refractivity contribution >= 4 is 45.3 Å². The Balaban J connectivity index is 1.66. The first-order valence-electron chi connectivity index (χ1n) is 11.0. The summed E-state index contributed by atoms with van der Waals surface area (Å²) in [4.78, 5) is 46.9. The average molecular weight is 485 g/mol. The number of thioether (sulfide) groups is 1. The molecule has 1 aliphatic carbocycles. The molecule has 10 heteroatoms. The number of hydrogen-bond acceptors (Lipinski definition) is 7. The van der Waals surface area contributed by atoms with Gasteiger partial charge in [0.1, 0.15) is 10.6 Å². The van der Waals surface area contributed by atoms with Gasteiger partial charge in [-0.2, -0.15) is 0 Å². The number of nitrogens with one attached hydrogen (secondary N) is 1. The second-order valence-electron chi connectivity index (χ2n) is 8.08. The number of methoxy groups -OCH3 is 1. The van der Waals surface area contributed by atoms with E-state index < -0.39 is 5.25 Å². The summed E-state index contributed by atoms with van der Waals surface area (Å²) in [6.07, 6.45) is 4.02. The fraction of sp³-hybridized carbons (Fsp3) is 0.391. The van der Waals surface area contributed by atoms with Gasteiger partial charge in [-0.1, -0.05) is 23.9 Å². The molecule has 3 aromatic rings. The van der Waals surface area contributed by atoms with Gasteiger partial charge < -0.3 is 10.1 Å². The number of carbonyl (C=O) groups is 2. The minimum absolute atomic E-state index is 0.148. The number of carbonyl (C=O) groups excluding carboxylic acids is 2. The Kier molecular flexibility index (Phi) is 5.88. The molecule has 2 aliphatic rings. The monoisotopic (exact) mass is 484 g/mol. The molecule has 0 spiro atoms. The molecular formula is C23H24N4O4S2. The second-order valence-corrected chi connectivity index (χ2v) is 10.5. The van der Waals surface area contributed by atoms with E-state index in [0.29, 0.717) is 39.9 Å². The lowest BCUT2D eigenvalue weighted by atomic mass is 9.97. The first-order valence-corrected chi connectivity index (χ1v) is 12.7. The van der Waals surface area contributed by atoms with Crippen LogP contribution >= 0.6 is 23.1 Å². The van der Waals surface area contributed by atoms with E-state index >= 15 is 0 Å². The number of urea groups is 1. The van der Waals surface area contributed by atoms with Crippen LogP contribution in [0.15, 0.2) is 34.2 Å². The van der Waals surface area contributed by atoms with Crippen LogP contribution < -0.4 is 15.6 Å². The quantitative estimate of drug-likeness (QED) is 0.441. The van der Waals surface area contributed by atoms with Crippen molar-refractivity contribution < 1.29 is 14.3 Å². The van der Waals surface area contributed by atoms with E-state index in [1.54, 1.807) is 36.0 Å². The zero-order valence-electron chi connectivity index (χ0n) is 18.4. The topological polar surface area (TPSA) is 93.5 Å². The van der Waals surface area contributed by atoms with E-state index in [1.807, 2.05) is 18.2 Å². The summed E-state index contributed by atoms with van der Waals surface area (Å²) >= 11 is 2.76. The summed E-state index contributed by atoms with van der Waals surface area (Å²) in [6, 6.07) is 6.92. The summed E-state index contributed by atoms with van der Waals surface area (Å²) in [5.41, 5.74) is 1.54. The fourth-order valence-corrected chi connectivity index (χ4v) is 6.69. The number of fused-ring (bicyclic) bond motifs is 3. The van der Waals surface area contributed by atoms with Crippen molar-refractivity contribution in [1.82, 2.24) is 19.8 Å². The van der Waals surface area contributed by atoms with E-state index in [-0.39, 0.29) is 17.5 Å². The Bertz CT molecular complexity index is 1320. The number of hydrogen-bond donors (Lipinski definition) is 1. The van der Waals surface area contributed by atoms with Crippen molar-refractivity contribution in [2.45, 2.75) is 43.0 Å². The highest BCUT2D eigenvalue weighted by atomic mass is 32.2. The second kappa shape index (κ2) is 8.83. The zero-order valence-corrected chi connectivity index (χ0v) is 20.1. The van der Waals surface area contributed by atoms with Gasteiger partial charge in [0.25, 0.3) is 5.56 Å². The van der Waals surface area contributed by atoms with Crippen molar-refractivity contribution in [3.05, 3.63) is 45.1 Å². The van der Waals surface area contributed by atoms with Gasteiger partial charge in [0, 0.05) is 18.0 Å². The Morgan fingerprint density at radius 1 is 1.24 bits per heavy atom. The summed E-state index contributed by atoms with van der Waals surface area (Å²) in [5, 5.41) is 3.13. The highest BCUT2D eigenvalue weighted by Gasteiger charge is 2.32. The van der Waals surface area contributed by atoms with Crippen LogP contribution in [0.3, 0.4) is 0 Å². The maximum atomic E-state index is 13.9. The standard InChI is InChI=1S/C23H24N4O4S2/c1-13(20(28)26-12-11-24-22(26)30)32-23-25-19-18(14-7-3-6-10-17(14)33-19)21(29)27(23)15-8-4-5-9-16(15)31-2/h4-5,8-9,13H,3,6-7,10-12H2,1-2H3,(H,24,30). The lowest BCUT2D eigenvalue weighted by Crippen LogP contribution is -2.39. The molecule has 5 rings (SSSR count). The minimum Gasteiger partial charge on any atom is -0.495 e. The average Bonchev–Trinajstić information content (AvgIpc) is 3.41. The third-order valence-corrected chi connectivity index (χ3v) is 8.26. The molecule has 1 aromatic carbocycles. The number of aromatic nitrogens is 2. The Labute approximate surface area is 198 Å². The fourth-order valence-electron chi connectivity index (χ4n) is 4.40. The molecule has 3 amide bonds. The van der Waals surface area contributed by atoms with E-state index in [0.717, 1.165) is 31.2 Å². The molecule has 1 atom stereocenters. The molecule has 1 fully saturated rings. The lowest BCUT2D eigenvalue weighted by Gasteiger charge is -2.20. The molecule has 0 radical (unpaired) electrons. The van der Waals surface area contributed by atoms with Crippen molar-refractivity contribution in [2.75, 3.05) is 20.2 Å². The summed E-state index contributed by atoms with van der Waals surface area (Å²) in [6.45, 7) is 2.52. The molecule has 0 saturated carbocycles. The Morgan fingerprint density at radius 3 is 2.79 bits per heavy atom. The maximum absolute atomic E-state index is 13.9. The first kappa shape index (κ1) is 22.0. The molecule has 1 saturated heterocycles. The van der Waals surface area contributed by atoms with E-state index in [9.17, 15) is 14.4 Å². The molecule has 2 aromatic heterocycles. The van der Waals surface area contributed by atoms with Gasteiger partial charge in [-0.15, -0.1) is 11.3 Å². The number of imide groups is 1. The third kappa shape index (κ3) is 3.80. The smallest absolute Gasteiger partial charge is 0.324 e. The van der Waals surface area contributed by atoms with Crippen LogP contribution in [0.4, 0.5) is 4.79 Å². The number of rotatable bonds is 5. The minimum atomic E-state index is -0.603. The number of amides is 3. The van der Waals surface area contributed by atoms with Gasteiger partial charge >= 0.3 is 6.03 Å². The Hall–Kier alpha value is -2.85. The SMILES string of the molecule is COc1ccccc1-n1c(SC(C)C(=O)N2CCNC2=O)nc2sc3c(c2c1=O)CCCC3. The zero-order chi connectivity index (χ0) is 23.1. The van der Waals surface area contributed by atoms with E-state index in [2.05, 4.69) is 5.32 Å². The van der Waals surface area contributed by atoms with Gasteiger partial charge in [-0.25, -0.2) is 9.78 Å². The maximum Gasteiger partial charge on any atom is 0.324 e. The van der Waals surface area contributed by atoms with Gasteiger partial charge in [-0.3, -0.25) is 19.1 Å². The molecule has 8 nitrogen and oxygen atoms in total. The van der Waals surface area contributed by atoms with Crippen LogP contribution in [-0.4, -0.2) is 51.8 Å². The highest BCUT2D eigenvalue weighted by Crippen LogP contribution is 2.37. The molecule has 1 aliphatic heterocycles. The largest absolute Gasteiger partial charge is 0.495 e. The van der Waals surface area contributed by atoms with Gasteiger partial charge in [0.2, 0.25) is 5.91 Å². The van der Waals surface area contributed by atoms with Gasteiger partial charge in [0.15, 0.2) is 5.16 Å². The molecule has 172 valence electrons. The van der Waals surface area contributed by atoms with E-state index in [1.165, 1.54) is 21.5 Å². The van der Waals surface area contributed by atoms with Crippen LogP contribution in [-0.2, 0) is 17.6 Å². The molecule has 1 unspecified atom stereocenters. The number of aryl methyl sites for hydroxylation is 2. The lowest BCUT2D eigenvalue weighted by molar-refractivity contribution is -0.126. The summed E-state index contributed by atoms with van der Waals surface area (Å²) in [7, 11) is 1.56. The van der Waals surface area contributed by atoms with Crippen LogP contribution in [0.25, 0.3) is 15.9 Å². The summed E-state index contributed by atoms with van der Waals surface area (Å²) in [5.74, 6) is 0.242. The summed E-state index contributed by atoms with van der Waals surface area (Å²) < 4.78 is 7.10. The molecule has 33 heavy (non-hydrogen) atoms. The number of benzene rings is 1. The predicted molar refractivity (Wildman–Crippen MR) is 129 cm³/mol. The Morgan fingerprint density at radius 2 is 2.03 bits per heavy atom. The van der Waals surface area contributed by atoms with Crippen LogP contribution in [0, 0.1) is 0 Å². The molecule has 0 bridgehead atoms. The highest BCUT2D eigenvalue weighted by molar-refractivity contribution is 8.00.